The number of Topliss-reactive ketones (excluding diaryl/α,β-unsaturated/α-hetero) is 1. The zero-order valence-electron chi connectivity index (χ0n) is 17.7. The first-order chi connectivity index (χ1) is 15.0. The molecule has 0 aliphatic carbocycles. The number of carbonyl (C=O) groups excluding carboxylic acids is 1. The Morgan fingerprint density at radius 2 is 2.03 bits per heavy atom. The molecule has 0 unspecified atom stereocenters. The summed E-state index contributed by atoms with van der Waals surface area (Å²) in [5.74, 6) is 2.59. The second-order valence-corrected chi connectivity index (χ2v) is 8.79. The molecule has 31 heavy (non-hydrogen) atoms. The molecule has 1 aromatic heterocycles. The summed E-state index contributed by atoms with van der Waals surface area (Å²) in [6, 6.07) is 12.0. The van der Waals surface area contributed by atoms with Crippen molar-refractivity contribution in [2.24, 2.45) is 0 Å². The van der Waals surface area contributed by atoms with Gasteiger partial charge in [-0.1, -0.05) is 18.2 Å². The van der Waals surface area contributed by atoms with Gasteiger partial charge in [0.2, 0.25) is 5.78 Å². The number of benzene rings is 2. The van der Waals surface area contributed by atoms with Crippen LogP contribution in [-0.2, 0) is 13.1 Å². The Labute approximate surface area is 185 Å². The number of nitrogens with zero attached hydrogens (tertiary/aromatic N) is 1. The van der Waals surface area contributed by atoms with Crippen molar-refractivity contribution in [3.63, 3.8) is 0 Å². The normalized spacial score (nSPS) is 16.6. The lowest BCUT2D eigenvalue weighted by molar-refractivity contribution is 0.0869. The van der Waals surface area contributed by atoms with Crippen LogP contribution in [0.3, 0.4) is 0 Å². The van der Waals surface area contributed by atoms with Gasteiger partial charge in [-0.05, 0) is 43.0 Å². The van der Waals surface area contributed by atoms with E-state index in [4.69, 9.17) is 14.2 Å². The van der Waals surface area contributed by atoms with Crippen LogP contribution >= 0.6 is 11.3 Å². The number of aryl methyl sites for hydroxylation is 1. The van der Waals surface area contributed by atoms with Gasteiger partial charge in [0.25, 0.3) is 0 Å². The van der Waals surface area contributed by atoms with E-state index >= 15 is 0 Å². The van der Waals surface area contributed by atoms with Crippen LogP contribution in [0.2, 0.25) is 0 Å². The Kier molecular flexibility index (Phi) is 5.04. The molecule has 0 spiro atoms. The Bertz CT molecular complexity index is 1210. The summed E-state index contributed by atoms with van der Waals surface area (Å²) in [4.78, 5) is 16.3. The minimum Gasteiger partial charge on any atom is -0.496 e. The molecule has 0 bridgehead atoms. The molecule has 3 aromatic rings. The molecule has 0 radical (unpaired) electrons. The van der Waals surface area contributed by atoms with Gasteiger partial charge < -0.3 is 14.2 Å². The van der Waals surface area contributed by atoms with E-state index in [1.54, 1.807) is 18.4 Å². The van der Waals surface area contributed by atoms with E-state index < -0.39 is 0 Å². The van der Waals surface area contributed by atoms with Gasteiger partial charge in [0.1, 0.15) is 24.0 Å². The molecule has 5 rings (SSSR count). The summed E-state index contributed by atoms with van der Waals surface area (Å²) in [5, 5.41) is 2.02. The quantitative estimate of drug-likeness (QED) is 0.520. The largest absolute Gasteiger partial charge is 0.496 e. The SMILES string of the molecule is COc1ccccc1CN1COc2c(cc3c(c2C)O/C(=C\c2sccc2C)C3=O)C1. The molecule has 0 saturated carbocycles. The van der Waals surface area contributed by atoms with E-state index in [0.717, 1.165) is 38.6 Å². The summed E-state index contributed by atoms with van der Waals surface area (Å²) in [6.07, 6.45) is 1.84. The molecule has 0 amide bonds. The molecule has 2 aliphatic rings. The highest BCUT2D eigenvalue weighted by Gasteiger charge is 2.33. The fraction of sp³-hybridized carbons (Fsp3) is 0.240. The van der Waals surface area contributed by atoms with E-state index in [2.05, 4.69) is 11.0 Å². The van der Waals surface area contributed by atoms with E-state index in [0.29, 0.717) is 36.9 Å². The minimum atomic E-state index is -0.0736. The van der Waals surface area contributed by atoms with Gasteiger partial charge in [0, 0.05) is 40.7 Å². The van der Waals surface area contributed by atoms with Gasteiger partial charge >= 0.3 is 0 Å². The monoisotopic (exact) mass is 433 g/mol. The van der Waals surface area contributed by atoms with Crippen LogP contribution in [0.15, 0.2) is 47.5 Å². The third kappa shape index (κ3) is 3.52. The Morgan fingerprint density at radius 1 is 1.19 bits per heavy atom. The molecular formula is C25H23NO4S. The number of ether oxygens (including phenoxy) is 3. The number of thiophene rings is 1. The number of ketones is 1. The highest BCUT2D eigenvalue weighted by Crippen LogP contribution is 2.43. The predicted octanol–water partition coefficient (Wildman–Crippen LogP) is 5.34. The maximum Gasteiger partial charge on any atom is 0.232 e. The van der Waals surface area contributed by atoms with Gasteiger partial charge in [-0.15, -0.1) is 11.3 Å². The summed E-state index contributed by atoms with van der Waals surface area (Å²) in [6.45, 7) is 5.85. The van der Waals surface area contributed by atoms with Gasteiger partial charge in [0.05, 0.1) is 12.7 Å². The van der Waals surface area contributed by atoms with Gasteiger partial charge in [-0.3, -0.25) is 9.69 Å². The van der Waals surface area contributed by atoms with Crippen molar-refractivity contribution >= 4 is 23.2 Å². The minimum absolute atomic E-state index is 0.0736. The lowest BCUT2D eigenvalue weighted by Gasteiger charge is -2.30. The first-order valence-electron chi connectivity index (χ1n) is 10.2. The second-order valence-electron chi connectivity index (χ2n) is 7.85. The lowest BCUT2D eigenvalue weighted by Crippen LogP contribution is -2.32. The first kappa shape index (κ1) is 19.8. The summed E-state index contributed by atoms with van der Waals surface area (Å²) in [7, 11) is 1.68. The molecular weight excluding hydrogens is 410 g/mol. The maximum atomic E-state index is 13.1. The lowest BCUT2D eigenvalue weighted by atomic mass is 10.00. The molecule has 0 N–H and O–H groups in total. The standard InChI is InChI=1S/C25H23NO4S/c1-15-8-9-31-22(15)11-21-23(27)19-10-18-13-26(12-17-6-4-5-7-20(17)28-3)14-29-24(18)16(2)25(19)30-21/h4-11H,12-14H2,1-3H3/b21-11-. The fourth-order valence-corrected chi connectivity index (χ4v) is 4.97. The van der Waals surface area contributed by atoms with Gasteiger partial charge in [-0.2, -0.15) is 0 Å². The molecule has 2 aliphatic heterocycles. The van der Waals surface area contributed by atoms with Crippen LogP contribution in [0.25, 0.3) is 6.08 Å². The number of fused-ring (bicyclic) bond motifs is 2. The van der Waals surface area contributed by atoms with Gasteiger partial charge in [0.15, 0.2) is 5.76 Å². The molecule has 3 heterocycles. The molecule has 0 atom stereocenters. The van der Waals surface area contributed by atoms with E-state index in [1.807, 2.05) is 55.6 Å². The summed E-state index contributed by atoms with van der Waals surface area (Å²) < 4.78 is 17.6. The Morgan fingerprint density at radius 3 is 2.81 bits per heavy atom. The zero-order chi connectivity index (χ0) is 21.5. The summed E-state index contributed by atoms with van der Waals surface area (Å²) >= 11 is 1.60. The van der Waals surface area contributed by atoms with Crippen molar-refractivity contribution < 1.29 is 19.0 Å². The topological polar surface area (TPSA) is 48.0 Å². The number of hydrogen-bond acceptors (Lipinski definition) is 6. The smallest absolute Gasteiger partial charge is 0.232 e. The van der Waals surface area contributed by atoms with Crippen molar-refractivity contribution in [2.75, 3.05) is 13.8 Å². The van der Waals surface area contributed by atoms with Crippen LogP contribution in [-0.4, -0.2) is 24.5 Å². The van der Waals surface area contributed by atoms with Crippen LogP contribution in [0.1, 0.15) is 37.5 Å². The van der Waals surface area contributed by atoms with Gasteiger partial charge in [-0.25, -0.2) is 0 Å². The Balaban J connectivity index is 1.43. The fourth-order valence-electron chi connectivity index (χ4n) is 4.12. The highest BCUT2D eigenvalue weighted by atomic mass is 32.1. The van der Waals surface area contributed by atoms with Crippen LogP contribution in [0.5, 0.6) is 17.2 Å². The Hall–Kier alpha value is -3.09. The molecule has 158 valence electrons. The number of carbonyl (C=O) groups is 1. The average molecular weight is 434 g/mol. The number of para-hydroxylation sites is 1. The zero-order valence-corrected chi connectivity index (χ0v) is 18.5. The highest BCUT2D eigenvalue weighted by molar-refractivity contribution is 7.11. The third-order valence-electron chi connectivity index (χ3n) is 5.75. The molecule has 2 aromatic carbocycles. The summed E-state index contributed by atoms with van der Waals surface area (Å²) in [5.41, 5.74) is 4.73. The number of allylic oxidation sites excluding steroid dienone is 1. The molecule has 0 fully saturated rings. The number of methoxy groups -OCH3 is 1. The third-order valence-corrected chi connectivity index (χ3v) is 6.72. The molecule has 5 nitrogen and oxygen atoms in total. The van der Waals surface area contributed by atoms with E-state index in [-0.39, 0.29) is 5.78 Å². The average Bonchev–Trinajstić information content (AvgIpc) is 3.32. The van der Waals surface area contributed by atoms with E-state index in [1.165, 1.54) is 0 Å². The maximum absolute atomic E-state index is 13.1. The van der Waals surface area contributed by atoms with Crippen molar-refractivity contribution in [2.45, 2.75) is 26.9 Å². The number of hydrogen-bond donors (Lipinski definition) is 0. The first-order valence-corrected chi connectivity index (χ1v) is 11.0. The predicted molar refractivity (Wildman–Crippen MR) is 121 cm³/mol. The van der Waals surface area contributed by atoms with Crippen molar-refractivity contribution in [3.05, 3.63) is 80.2 Å². The van der Waals surface area contributed by atoms with Crippen molar-refractivity contribution in [1.29, 1.82) is 0 Å². The van der Waals surface area contributed by atoms with Crippen LogP contribution < -0.4 is 14.2 Å². The van der Waals surface area contributed by atoms with Crippen molar-refractivity contribution in [3.8, 4) is 17.2 Å². The number of rotatable bonds is 4. The molecule has 6 heteroatoms. The van der Waals surface area contributed by atoms with Crippen LogP contribution in [0, 0.1) is 13.8 Å². The van der Waals surface area contributed by atoms with E-state index in [9.17, 15) is 4.79 Å². The molecule has 0 saturated heterocycles. The second kappa shape index (κ2) is 7.87. The van der Waals surface area contributed by atoms with Crippen LogP contribution in [0.4, 0.5) is 0 Å². The van der Waals surface area contributed by atoms with Crippen molar-refractivity contribution in [1.82, 2.24) is 4.90 Å².